The zero-order chi connectivity index (χ0) is 11.8. The van der Waals surface area contributed by atoms with Gasteiger partial charge in [0.2, 0.25) is 0 Å². The molecule has 1 aliphatic heterocycles. The van der Waals surface area contributed by atoms with Crippen LogP contribution in [0.4, 0.5) is 4.79 Å². The van der Waals surface area contributed by atoms with Crippen LogP contribution in [0.2, 0.25) is 0 Å². The molecule has 1 aliphatic carbocycles. The van der Waals surface area contributed by atoms with Crippen molar-refractivity contribution in [3.8, 4) is 0 Å². The highest BCUT2D eigenvalue weighted by Gasteiger charge is 2.47. The van der Waals surface area contributed by atoms with Crippen LogP contribution in [0.5, 0.6) is 0 Å². The van der Waals surface area contributed by atoms with Crippen LogP contribution >= 0.6 is 0 Å². The first-order valence-electron chi connectivity index (χ1n) is 5.74. The normalized spacial score (nSPS) is 29.8. The molecule has 5 nitrogen and oxygen atoms in total. The summed E-state index contributed by atoms with van der Waals surface area (Å²) in [5.74, 6) is 0.939. The molecule has 0 bridgehead atoms. The maximum atomic E-state index is 11.8. The van der Waals surface area contributed by atoms with Gasteiger partial charge in [-0.25, -0.2) is 4.79 Å². The van der Waals surface area contributed by atoms with Gasteiger partial charge in [0.25, 0.3) is 0 Å². The minimum atomic E-state index is -0.504. The zero-order valence-corrected chi connectivity index (χ0v) is 9.88. The SMILES string of the molecule is COCCC1(C)C(=N)NC(=O)N1CC1CC1. The standard InChI is InChI=1S/C11H19N3O2/c1-11(5-6-16-2)9(12)13-10(15)14(11)7-8-3-4-8/h8H,3-7H2,1-2H3,(H2,12,13,15). The number of urea groups is 1. The van der Waals surface area contributed by atoms with E-state index in [4.69, 9.17) is 10.1 Å². The quantitative estimate of drug-likeness (QED) is 0.738. The number of carbonyl (C=O) groups excluding carboxylic acids is 1. The van der Waals surface area contributed by atoms with Gasteiger partial charge in [-0.1, -0.05) is 0 Å². The molecule has 1 saturated heterocycles. The number of amides is 2. The molecule has 2 aliphatic rings. The summed E-state index contributed by atoms with van der Waals surface area (Å²) in [5, 5.41) is 10.5. The van der Waals surface area contributed by atoms with Crippen LogP contribution in [0.3, 0.4) is 0 Å². The second kappa shape index (κ2) is 4.05. The first-order chi connectivity index (χ1) is 7.58. The number of amidine groups is 1. The van der Waals surface area contributed by atoms with E-state index in [2.05, 4.69) is 5.32 Å². The summed E-state index contributed by atoms with van der Waals surface area (Å²) in [7, 11) is 1.64. The van der Waals surface area contributed by atoms with Crippen molar-refractivity contribution in [2.75, 3.05) is 20.3 Å². The van der Waals surface area contributed by atoms with Crippen LogP contribution in [0.1, 0.15) is 26.2 Å². The van der Waals surface area contributed by atoms with Gasteiger partial charge in [-0.05, 0) is 25.7 Å². The number of hydrogen-bond acceptors (Lipinski definition) is 3. The molecule has 2 N–H and O–H groups in total. The van der Waals surface area contributed by atoms with Crippen LogP contribution < -0.4 is 5.32 Å². The van der Waals surface area contributed by atoms with Gasteiger partial charge < -0.3 is 9.64 Å². The average Bonchev–Trinajstić information content (AvgIpc) is 3.02. The third kappa shape index (κ3) is 1.91. The van der Waals surface area contributed by atoms with Crippen molar-refractivity contribution in [2.24, 2.45) is 5.92 Å². The van der Waals surface area contributed by atoms with Gasteiger partial charge in [-0.3, -0.25) is 10.7 Å². The predicted octanol–water partition coefficient (Wildman–Crippen LogP) is 1.19. The highest BCUT2D eigenvalue weighted by atomic mass is 16.5. The molecule has 2 rings (SSSR count). The Balaban J connectivity index is 2.09. The molecule has 0 aromatic heterocycles. The first kappa shape index (κ1) is 11.4. The van der Waals surface area contributed by atoms with Crippen molar-refractivity contribution in [1.82, 2.24) is 10.2 Å². The Morgan fingerprint density at radius 2 is 2.31 bits per heavy atom. The molecule has 2 fully saturated rings. The number of methoxy groups -OCH3 is 1. The molecule has 0 aromatic rings. The minimum Gasteiger partial charge on any atom is -0.385 e. The Morgan fingerprint density at radius 1 is 1.62 bits per heavy atom. The van der Waals surface area contributed by atoms with E-state index in [1.54, 1.807) is 12.0 Å². The molecule has 5 heteroatoms. The molecule has 16 heavy (non-hydrogen) atoms. The van der Waals surface area contributed by atoms with E-state index >= 15 is 0 Å². The van der Waals surface area contributed by atoms with Gasteiger partial charge in [0, 0.05) is 26.7 Å². The smallest absolute Gasteiger partial charge is 0.323 e. The largest absolute Gasteiger partial charge is 0.385 e. The Morgan fingerprint density at radius 3 is 2.88 bits per heavy atom. The minimum absolute atomic E-state index is 0.129. The fourth-order valence-corrected chi connectivity index (χ4v) is 2.07. The maximum Gasteiger partial charge on any atom is 0.323 e. The lowest BCUT2D eigenvalue weighted by molar-refractivity contribution is 0.130. The average molecular weight is 225 g/mol. The Hall–Kier alpha value is -1.10. The van der Waals surface area contributed by atoms with E-state index in [0.717, 1.165) is 6.54 Å². The third-order valence-corrected chi connectivity index (χ3v) is 3.54. The van der Waals surface area contributed by atoms with Gasteiger partial charge in [0.1, 0.15) is 11.4 Å². The second-order valence-electron chi connectivity index (χ2n) is 4.88. The molecule has 1 unspecified atom stereocenters. The Labute approximate surface area is 95.6 Å². The lowest BCUT2D eigenvalue weighted by Crippen LogP contribution is -2.48. The molecule has 90 valence electrons. The predicted molar refractivity (Wildman–Crippen MR) is 60.6 cm³/mol. The van der Waals surface area contributed by atoms with E-state index in [-0.39, 0.29) is 6.03 Å². The fourth-order valence-electron chi connectivity index (χ4n) is 2.07. The van der Waals surface area contributed by atoms with Crippen LogP contribution in [0.15, 0.2) is 0 Å². The zero-order valence-electron chi connectivity index (χ0n) is 9.88. The van der Waals surface area contributed by atoms with Gasteiger partial charge in [-0.2, -0.15) is 0 Å². The summed E-state index contributed by atoms with van der Waals surface area (Å²) in [6.45, 7) is 3.28. The number of carbonyl (C=O) groups is 1. The Kier molecular flexibility index (Phi) is 2.88. The van der Waals surface area contributed by atoms with Gasteiger partial charge in [-0.15, -0.1) is 0 Å². The number of nitrogens with zero attached hydrogens (tertiary/aromatic N) is 1. The molecular weight excluding hydrogens is 206 g/mol. The van der Waals surface area contributed by atoms with Gasteiger partial charge >= 0.3 is 6.03 Å². The molecule has 1 saturated carbocycles. The van der Waals surface area contributed by atoms with E-state index in [0.29, 0.717) is 24.8 Å². The summed E-state index contributed by atoms with van der Waals surface area (Å²) in [5.41, 5.74) is -0.504. The highest BCUT2D eigenvalue weighted by molar-refractivity contribution is 6.08. The van der Waals surface area contributed by atoms with Gasteiger partial charge in [0.15, 0.2) is 0 Å². The summed E-state index contributed by atoms with van der Waals surface area (Å²) < 4.78 is 5.06. The third-order valence-electron chi connectivity index (χ3n) is 3.54. The number of hydrogen-bond donors (Lipinski definition) is 2. The molecule has 1 atom stereocenters. The van der Waals surface area contributed by atoms with Crippen LogP contribution in [-0.4, -0.2) is 42.6 Å². The van der Waals surface area contributed by atoms with Crippen molar-refractivity contribution in [3.05, 3.63) is 0 Å². The lowest BCUT2D eigenvalue weighted by Gasteiger charge is -2.33. The number of ether oxygens (including phenoxy) is 1. The lowest BCUT2D eigenvalue weighted by atomic mass is 9.96. The summed E-state index contributed by atoms with van der Waals surface area (Å²) in [4.78, 5) is 13.6. The van der Waals surface area contributed by atoms with Crippen molar-refractivity contribution in [3.63, 3.8) is 0 Å². The summed E-state index contributed by atoms with van der Waals surface area (Å²) >= 11 is 0. The molecule has 0 aromatic carbocycles. The molecule has 0 spiro atoms. The van der Waals surface area contributed by atoms with Crippen molar-refractivity contribution < 1.29 is 9.53 Å². The van der Waals surface area contributed by atoms with Crippen molar-refractivity contribution in [1.29, 1.82) is 5.41 Å². The monoisotopic (exact) mass is 225 g/mol. The Bertz CT molecular complexity index is 314. The number of rotatable bonds is 5. The highest BCUT2D eigenvalue weighted by Crippen LogP contribution is 2.34. The van der Waals surface area contributed by atoms with Gasteiger partial charge in [0.05, 0.1) is 0 Å². The first-order valence-corrected chi connectivity index (χ1v) is 5.74. The van der Waals surface area contributed by atoms with E-state index < -0.39 is 5.54 Å². The fraction of sp³-hybridized carbons (Fsp3) is 0.818. The van der Waals surface area contributed by atoms with E-state index in [1.165, 1.54) is 12.8 Å². The van der Waals surface area contributed by atoms with E-state index in [1.807, 2.05) is 6.92 Å². The topological polar surface area (TPSA) is 65.4 Å². The van der Waals surface area contributed by atoms with Crippen molar-refractivity contribution in [2.45, 2.75) is 31.7 Å². The molecule has 1 heterocycles. The maximum absolute atomic E-state index is 11.8. The van der Waals surface area contributed by atoms with Crippen LogP contribution in [-0.2, 0) is 4.74 Å². The van der Waals surface area contributed by atoms with Crippen LogP contribution in [0, 0.1) is 11.3 Å². The molecule has 2 amide bonds. The number of nitrogens with one attached hydrogen (secondary N) is 2. The molecule has 0 radical (unpaired) electrons. The van der Waals surface area contributed by atoms with Crippen molar-refractivity contribution >= 4 is 11.9 Å². The molecular formula is C11H19N3O2. The van der Waals surface area contributed by atoms with Crippen LogP contribution in [0.25, 0.3) is 0 Å². The summed E-state index contributed by atoms with van der Waals surface area (Å²) in [6, 6.07) is -0.129. The van der Waals surface area contributed by atoms with E-state index in [9.17, 15) is 4.79 Å². The summed E-state index contributed by atoms with van der Waals surface area (Å²) in [6.07, 6.45) is 3.09. The second-order valence-corrected chi connectivity index (χ2v) is 4.88.